The third-order valence-corrected chi connectivity index (χ3v) is 5.69. The molecule has 0 saturated carbocycles. The Bertz CT molecular complexity index is 969. The van der Waals surface area contributed by atoms with E-state index >= 15 is 0 Å². The van der Waals surface area contributed by atoms with Crippen LogP contribution in [0, 0.1) is 0 Å². The van der Waals surface area contributed by atoms with Crippen LogP contribution in [-0.2, 0) is 11.2 Å². The molecule has 2 aliphatic rings. The monoisotopic (exact) mass is 443 g/mol. The first-order valence-electron chi connectivity index (χ1n) is 10.1. The Balaban J connectivity index is 0.00000272. The zero-order valence-electron chi connectivity index (χ0n) is 17.4. The summed E-state index contributed by atoms with van der Waals surface area (Å²) in [7, 11) is 1.60. The highest BCUT2D eigenvalue weighted by Crippen LogP contribution is 2.24. The SMILES string of the molecule is COc1ccc(C(=O)CN2CCN(C(=O)c3ccc4c(c3)CCC(=O)N4)CC2)cc1.Cl. The van der Waals surface area contributed by atoms with Crippen molar-refractivity contribution in [2.75, 3.05) is 45.2 Å². The molecule has 1 N–H and O–H groups in total. The summed E-state index contributed by atoms with van der Waals surface area (Å²) in [5.41, 5.74) is 3.11. The molecule has 0 unspecified atom stereocenters. The van der Waals surface area contributed by atoms with Gasteiger partial charge in [-0.15, -0.1) is 12.4 Å². The first-order valence-corrected chi connectivity index (χ1v) is 10.1. The van der Waals surface area contributed by atoms with Gasteiger partial charge in [0.05, 0.1) is 13.7 Å². The molecular formula is C23H26ClN3O4. The van der Waals surface area contributed by atoms with E-state index in [2.05, 4.69) is 10.2 Å². The Kier molecular flexibility index (Phi) is 7.30. The molecule has 2 aromatic rings. The van der Waals surface area contributed by atoms with E-state index in [1.807, 2.05) is 17.0 Å². The summed E-state index contributed by atoms with van der Waals surface area (Å²) >= 11 is 0. The maximum absolute atomic E-state index is 12.9. The number of fused-ring (bicyclic) bond motifs is 1. The summed E-state index contributed by atoms with van der Waals surface area (Å²) in [6.07, 6.45) is 1.11. The normalized spacial score (nSPS) is 16.0. The molecule has 1 fully saturated rings. The van der Waals surface area contributed by atoms with Crippen LogP contribution in [0.4, 0.5) is 5.69 Å². The number of hydrogen-bond acceptors (Lipinski definition) is 5. The van der Waals surface area contributed by atoms with E-state index in [9.17, 15) is 14.4 Å². The number of methoxy groups -OCH3 is 1. The molecular weight excluding hydrogens is 418 g/mol. The molecule has 0 spiro atoms. The van der Waals surface area contributed by atoms with Crippen LogP contribution in [0.2, 0.25) is 0 Å². The van der Waals surface area contributed by atoms with Gasteiger partial charge in [-0.3, -0.25) is 19.3 Å². The minimum absolute atomic E-state index is 0. The molecule has 1 saturated heterocycles. The van der Waals surface area contributed by atoms with Crippen LogP contribution >= 0.6 is 12.4 Å². The lowest BCUT2D eigenvalue weighted by Crippen LogP contribution is -2.49. The fourth-order valence-corrected chi connectivity index (χ4v) is 3.88. The van der Waals surface area contributed by atoms with E-state index in [0.717, 1.165) is 17.0 Å². The van der Waals surface area contributed by atoms with Crippen molar-refractivity contribution >= 4 is 35.7 Å². The highest BCUT2D eigenvalue weighted by atomic mass is 35.5. The average molecular weight is 444 g/mol. The topological polar surface area (TPSA) is 79.0 Å². The number of halogens is 1. The van der Waals surface area contributed by atoms with E-state index in [-0.39, 0.29) is 30.0 Å². The predicted molar refractivity (Wildman–Crippen MR) is 120 cm³/mol. The predicted octanol–water partition coefficient (Wildman–Crippen LogP) is 2.64. The fourth-order valence-electron chi connectivity index (χ4n) is 3.88. The summed E-state index contributed by atoms with van der Waals surface area (Å²) < 4.78 is 5.13. The third-order valence-electron chi connectivity index (χ3n) is 5.69. The minimum Gasteiger partial charge on any atom is -0.497 e. The summed E-state index contributed by atoms with van der Waals surface area (Å²) in [6.45, 7) is 2.83. The van der Waals surface area contributed by atoms with E-state index in [0.29, 0.717) is 56.7 Å². The molecule has 0 aliphatic carbocycles. The quantitative estimate of drug-likeness (QED) is 0.719. The lowest BCUT2D eigenvalue weighted by atomic mass is 10.00. The van der Waals surface area contributed by atoms with E-state index in [4.69, 9.17) is 4.74 Å². The van der Waals surface area contributed by atoms with Gasteiger partial charge in [-0.2, -0.15) is 0 Å². The number of hydrogen-bond donors (Lipinski definition) is 1. The molecule has 0 aromatic heterocycles. The number of ketones is 1. The number of aryl methyl sites for hydroxylation is 1. The highest BCUT2D eigenvalue weighted by molar-refractivity contribution is 5.98. The van der Waals surface area contributed by atoms with Crippen molar-refractivity contribution < 1.29 is 19.1 Å². The fraction of sp³-hybridized carbons (Fsp3) is 0.348. The molecule has 164 valence electrons. The maximum atomic E-state index is 12.9. The number of anilines is 1. The molecule has 7 nitrogen and oxygen atoms in total. The van der Waals surface area contributed by atoms with Crippen molar-refractivity contribution in [1.82, 2.24) is 9.80 Å². The molecule has 0 radical (unpaired) electrons. The maximum Gasteiger partial charge on any atom is 0.253 e. The smallest absolute Gasteiger partial charge is 0.253 e. The number of benzene rings is 2. The highest BCUT2D eigenvalue weighted by Gasteiger charge is 2.25. The van der Waals surface area contributed by atoms with Crippen molar-refractivity contribution in [3.63, 3.8) is 0 Å². The first-order chi connectivity index (χ1) is 14.5. The number of rotatable bonds is 5. The molecule has 0 atom stereocenters. The second kappa shape index (κ2) is 9.94. The summed E-state index contributed by atoms with van der Waals surface area (Å²) in [5, 5.41) is 2.84. The van der Waals surface area contributed by atoms with Crippen LogP contribution in [0.15, 0.2) is 42.5 Å². The van der Waals surface area contributed by atoms with Gasteiger partial charge in [-0.25, -0.2) is 0 Å². The molecule has 8 heteroatoms. The zero-order valence-corrected chi connectivity index (χ0v) is 18.2. The number of nitrogens with one attached hydrogen (secondary N) is 1. The van der Waals surface area contributed by atoms with Gasteiger partial charge in [0.25, 0.3) is 5.91 Å². The molecule has 2 aromatic carbocycles. The number of Topliss-reactive ketones (excluding diaryl/α,β-unsaturated/α-hetero) is 1. The lowest BCUT2D eigenvalue weighted by Gasteiger charge is -2.34. The lowest BCUT2D eigenvalue weighted by molar-refractivity contribution is -0.116. The molecule has 0 bridgehead atoms. The minimum atomic E-state index is -0.00386. The van der Waals surface area contributed by atoms with Crippen molar-refractivity contribution in [3.8, 4) is 5.75 Å². The molecule has 31 heavy (non-hydrogen) atoms. The summed E-state index contributed by atoms with van der Waals surface area (Å²) in [5.74, 6) is 0.801. The largest absolute Gasteiger partial charge is 0.497 e. The van der Waals surface area contributed by atoms with Gasteiger partial charge in [0.15, 0.2) is 5.78 Å². The first kappa shape index (κ1) is 22.8. The van der Waals surface area contributed by atoms with Crippen LogP contribution in [-0.4, -0.2) is 67.2 Å². The average Bonchev–Trinajstić information content (AvgIpc) is 2.78. The Hall–Kier alpha value is -2.90. The molecule has 4 rings (SSSR count). The van der Waals surface area contributed by atoms with Gasteiger partial charge in [0.1, 0.15) is 5.75 Å². The van der Waals surface area contributed by atoms with Gasteiger partial charge in [0.2, 0.25) is 5.91 Å². The van der Waals surface area contributed by atoms with E-state index in [1.54, 1.807) is 37.4 Å². The van der Waals surface area contributed by atoms with Crippen LogP contribution in [0.1, 0.15) is 32.7 Å². The van der Waals surface area contributed by atoms with Crippen molar-refractivity contribution in [2.45, 2.75) is 12.8 Å². The van der Waals surface area contributed by atoms with Crippen molar-refractivity contribution in [1.29, 1.82) is 0 Å². The number of carbonyl (C=O) groups excluding carboxylic acids is 3. The Morgan fingerprint density at radius 2 is 1.65 bits per heavy atom. The van der Waals surface area contributed by atoms with Gasteiger partial charge >= 0.3 is 0 Å². The Labute approximate surface area is 187 Å². The number of carbonyl (C=O) groups is 3. The van der Waals surface area contributed by atoms with E-state index < -0.39 is 0 Å². The second-order valence-corrected chi connectivity index (χ2v) is 7.64. The summed E-state index contributed by atoms with van der Waals surface area (Å²) in [4.78, 5) is 40.8. The number of nitrogens with zero attached hydrogens (tertiary/aromatic N) is 2. The van der Waals surface area contributed by atoms with Crippen LogP contribution in [0.5, 0.6) is 5.75 Å². The van der Waals surface area contributed by atoms with Crippen LogP contribution in [0.3, 0.4) is 0 Å². The van der Waals surface area contributed by atoms with Crippen molar-refractivity contribution in [3.05, 3.63) is 59.2 Å². The number of piperazine rings is 1. The van der Waals surface area contributed by atoms with E-state index in [1.165, 1.54) is 0 Å². The Morgan fingerprint density at radius 3 is 2.32 bits per heavy atom. The molecule has 2 heterocycles. The van der Waals surface area contributed by atoms with Crippen LogP contribution in [0.25, 0.3) is 0 Å². The van der Waals surface area contributed by atoms with Gasteiger partial charge in [-0.1, -0.05) is 0 Å². The van der Waals surface area contributed by atoms with Gasteiger partial charge < -0.3 is 15.0 Å². The van der Waals surface area contributed by atoms with Gasteiger partial charge in [-0.05, 0) is 54.4 Å². The molecule has 2 amide bonds. The molecule has 2 aliphatic heterocycles. The second-order valence-electron chi connectivity index (χ2n) is 7.64. The van der Waals surface area contributed by atoms with Gasteiger partial charge in [0, 0.05) is 49.4 Å². The summed E-state index contributed by atoms with van der Waals surface area (Å²) in [6, 6.07) is 12.6. The Morgan fingerprint density at radius 1 is 0.968 bits per heavy atom. The standard InChI is InChI=1S/C23H25N3O4.ClH/c1-30-19-6-2-16(3-7-19)21(27)15-25-10-12-26(13-11-25)23(29)18-4-8-20-17(14-18)5-9-22(28)24-20;/h2-4,6-8,14H,5,9-13,15H2,1H3,(H,24,28);1H. The third kappa shape index (κ3) is 5.24. The number of amides is 2. The van der Waals surface area contributed by atoms with Crippen LogP contribution < -0.4 is 10.1 Å². The number of ether oxygens (including phenoxy) is 1. The van der Waals surface area contributed by atoms with Crippen molar-refractivity contribution in [2.24, 2.45) is 0 Å². The zero-order chi connectivity index (χ0) is 21.1.